The molecule has 0 radical (unpaired) electrons. The Balaban J connectivity index is 1.36. The molecule has 2 heterocycles. The van der Waals surface area contributed by atoms with Gasteiger partial charge in [-0.25, -0.2) is 28.1 Å². The Bertz CT molecular complexity index is 1760. The fourth-order valence-corrected chi connectivity index (χ4v) is 5.07. The zero-order valence-electron chi connectivity index (χ0n) is 23.5. The van der Waals surface area contributed by atoms with Gasteiger partial charge in [0, 0.05) is 35.7 Å². The molecule has 1 amide bonds. The van der Waals surface area contributed by atoms with Crippen LogP contribution < -0.4 is 15.4 Å². The molecule has 3 aromatic carbocycles. The van der Waals surface area contributed by atoms with Crippen LogP contribution in [0.15, 0.2) is 72.9 Å². The van der Waals surface area contributed by atoms with Gasteiger partial charge in [0.2, 0.25) is 5.95 Å². The van der Waals surface area contributed by atoms with E-state index in [2.05, 4.69) is 25.6 Å². The van der Waals surface area contributed by atoms with E-state index in [0.717, 1.165) is 22.0 Å². The number of thiazole rings is 1. The predicted octanol–water partition coefficient (Wildman–Crippen LogP) is 6.93. The molecular formula is C31H27F3N6O2S. The van der Waals surface area contributed by atoms with Crippen molar-refractivity contribution >= 4 is 34.6 Å². The standard InChI is InChI=1S/C31H27F3N6O2S/c1-18-36-28(19-6-4-7-20(16-19)37-30(41)27-22(32)8-5-9-23(27)33)29(43-18)25-12-13-35-31(39-25)38-21-10-11-26(24(34)17-21)42-15-14-40(2)3/h4-13,16-17H,14-15H2,1-3H3,(H,37,41)(H,35,38,39). The van der Waals surface area contributed by atoms with Crippen molar-refractivity contribution in [2.24, 2.45) is 0 Å². The molecule has 0 bridgehead atoms. The number of aryl methyl sites for hydroxylation is 1. The molecular weight excluding hydrogens is 577 g/mol. The van der Waals surface area contributed by atoms with Crippen molar-refractivity contribution in [1.29, 1.82) is 0 Å². The van der Waals surface area contributed by atoms with Crippen LogP contribution in [0.4, 0.5) is 30.5 Å². The minimum Gasteiger partial charge on any atom is -0.489 e. The van der Waals surface area contributed by atoms with Gasteiger partial charge in [-0.05, 0) is 63.5 Å². The maximum Gasteiger partial charge on any atom is 0.261 e. The molecule has 0 aliphatic heterocycles. The number of benzene rings is 3. The Hall–Kier alpha value is -4.81. The van der Waals surface area contributed by atoms with Crippen molar-refractivity contribution in [1.82, 2.24) is 19.9 Å². The summed E-state index contributed by atoms with van der Waals surface area (Å²) in [4.78, 5) is 28.9. The lowest BCUT2D eigenvalue weighted by Gasteiger charge is -2.12. The van der Waals surface area contributed by atoms with Crippen LogP contribution in [0.5, 0.6) is 5.75 Å². The van der Waals surface area contributed by atoms with E-state index < -0.39 is 28.9 Å². The first-order chi connectivity index (χ1) is 20.7. The molecule has 0 spiro atoms. The topological polar surface area (TPSA) is 92.3 Å². The monoisotopic (exact) mass is 604 g/mol. The third-order valence-electron chi connectivity index (χ3n) is 6.19. The molecule has 0 aliphatic carbocycles. The highest BCUT2D eigenvalue weighted by molar-refractivity contribution is 7.15. The average Bonchev–Trinajstić information content (AvgIpc) is 3.36. The van der Waals surface area contributed by atoms with Crippen LogP contribution >= 0.6 is 11.3 Å². The van der Waals surface area contributed by atoms with Crippen molar-refractivity contribution in [2.45, 2.75) is 6.92 Å². The Morgan fingerprint density at radius 1 is 0.930 bits per heavy atom. The Morgan fingerprint density at radius 3 is 2.44 bits per heavy atom. The van der Waals surface area contributed by atoms with Crippen molar-refractivity contribution in [3.05, 3.63) is 101 Å². The summed E-state index contributed by atoms with van der Waals surface area (Å²) in [6.45, 7) is 2.87. The van der Waals surface area contributed by atoms with E-state index in [1.54, 1.807) is 42.6 Å². The van der Waals surface area contributed by atoms with E-state index >= 15 is 0 Å². The Kier molecular flexibility index (Phi) is 8.98. The van der Waals surface area contributed by atoms with E-state index in [1.165, 1.54) is 23.5 Å². The van der Waals surface area contributed by atoms with Gasteiger partial charge in [0.25, 0.3) is 5.91 Å². The smallest absolute Gasteiger partial charge is 0.261 e. The number of nitrogens with one attached hydrogen (secondary N) is 2. The van der Waals surface area contributed by atoms with Crippen LogP contribution in [0.2, 0.25) is 0 Å². The zero-order chi connectivity index (χ0) is 30.5. The number of hydrogen-bond acceptors (Lipinski definition) is 8. The largest absolute Gasteiger partial charge is 0.489 e. The van der Waals surface area contributed by atoms with Crippen molar-refractivity contribution in [2.75, 3.05) is 37.9 Å². The maximum atomic E-state index is 14.6. The Labute approximate surface area is 250 Å². The number of halogens is 3. The van der Waals surface area contributed by atoms with E-state index in [-0.39, 0.29) is 11.7 Å². The molecule has 0 saturated heterocycles. The van der Waals surface area contributed by atoms with Gasteiger partial charge in [-0.1, -0.05) is 18.2 Å². The number of ether oxygens (including phenoxy) is 1. The van der Waals surface area contributed by atoms with Crippen molar-refractivity contribution < 1.29 is 22.7 Å². The first-order valence-electron chi connectivity index (χ1n) is 13.2. The first kappa shape index (κ1) is 29.7. The van der Waals surface area contributed by atoms with Crippen LogP contribution in [-0.4, -0.2) is 53.0 Å². The van der Waals surface area contributed by atoms with E-state index in [9.17, 15) is 18.0 Å². The predicted molar refractivity (Wildman–Crippen MR) is 161 cm³/mol. The zero-order valence-corrected chi connectivity index (χ0v) is 24.3. The number of carbonyl (C=O) groups is 1. The number of carbonyl (C=O) groups excluding carboxylic acids is 1. The highest BCUT2D eigenvalue weighted by Crippen LogP contribution is 2.37. The molecule has 0 saturated carbocycles. The van der Waals surface area contributed by atoms with E-state index in [0.29, 0.717) is 41.5 Å². The third-order valence-corrected chi connectivity index (χ3v) is 7.18. The lowest BCUT2D eigenvalue weighted by molar-refractivity contribution is 0.101. The van der Waals surface area contributed by atoms with Gasteiger partial charge < -0.3 is 20.3 Å². The van der Waals surface area contributed by atoms with Crippen LogP contribution in [0.1, 0.15) is 15.4 Å². The summed E-state index contributed by atoms with van der Waals surface area (Å²) in [5.41, 5.74) is 1.96. The molecule has 2 aromatic heterocycles. The van der Waals surface area contributed by atoms with Gasteiger partial charge in [0.05, 0.1) is 21.3 Å². The summed E-state index contributed by atoms with van der Waals surface area (Å²) in [5, 5.41) is 6.35. The summed E-state index contributed by atoms with van der Waals surface area (Å²) < 4.78 is 48.4. The van der Waals surface area contributed by atoms with Crippen molar-refractivity contribution in [3.8, 4) is 27.6 Å². The van der Waals surface area contributed by atoms with E-state index in [4.69, 9.17) is 4.74 Å². The van der Waals surface area contributed by atoms with Crippen LogP contribution in [0.25, 0.3) is 21.8 Å². The number of nitrogens with zero attached hydrogens (tertiary/aromatic N) is 4. The number of rotatable bonds is 10. The fourth-order valence-electron chi connectivity index (χ4n) is 4.16. The van der Waals surface area contributed by atoms with Crippen LogP contribution in [0.3, 0.4) is 0 Å². The highest BCUT2D eigenvalue weighted by atomic mass is 32.1. The highest BCUT2D eigenvalue weighted by Gasteiger charge is 2.19. The molecule has 5 aromatic rings. The molecule has 12 heteroatoms. The van der Waals surface area contributed by atoms with Gasteiger partial charge in [0.15, 0.2) is 11.6 Å². The lowest BCUT2D eigenvalue weighted by Crippen LogP contribution is -2.19. The molecule has 0 fully saturated rings. The van der Waals surface area contributed by atoms with Crippen LogP contribution in [0, 0.1) is 24.4 Å². The second kappa shape index (κ2) is 13.0. The molecule has 2 N–H and O–H groups in total. The second-order valence-electron chi connectivity index (χ2n) is 9.73. The molecule has 43 heavy (non-hydrogen) atoms. The number of aromatic nitrogens is 3. The van der Waals surface area contributed by atoms with Gasteiger partial charge in [-0.2, -0.15) is 0 Å². The quantitative estimate of drug-likeness (QED) is 0.179. The first-order valence-corrected chi connectivity index (χ1v) is 14.0. The molecule has 0 unspecified atom stereocenters. The summed E-state index contributed by atoms with van der Waals surface area (Å²) in [6.07, 6.45) is 1.58. The average molecular weight is 605 g/mol. The number of hydrogen-bond donors (Lipinski definition) is 2. The van der Waals surface area contributed by atoms with E-state index in [1.807, 2.05) is 32.0 Å². The Morgan fingerprint density at radius 2 is 1.70 bits per heavy atom. The number of likely N-dealkylation sites (N-methyl/N-ethyl adjacent to an activating group) is 1. The van der Waals surface area contributed by atoms with Gasteiger partial charge in [0.1, 0.15) is 23.8 Å². The SMILES string of the molecule is Cc1nc(-c2cccc(NC(=O)c3c(F)cccc3F)c2)c(-c2ccnc(Nc3ccc(OCCN(C)C)c(F)c3)n2)s1. The molecule has 220 valence electrons. The minimum absolute atomic E-state index is 0.157. The van der Waals surface area contributed by atoms with Gasteiger partial charge in [-0.3, -0.25) is 4.79 Å². The normalized spacial score (nSPS) is 11.0. The summed E-state index contributed by atoms with van der Waals surface area (Å²) >= 11 is 1.42. The number of amides is 1. The van der Waals surface area contributed by atoms with Crippen LogP contribution in [-0.2, 0) is 0 Å². The van der Waals surface area contributed by atoms with Gasteiger partial charge in [-0.15, -0.1) is 11.3 Å². The van der Waals surface area contributed by atoms with Gasteiger partial charge >= 0.3 is 0 Å². The fraction of sp³-hybridized carbons (Fsp3) is 0.161. The maximum absolute atomic E-state index is 14.6. The summed E-state index contributed by atoms with van der Waals surface area (Å²) in [6, 6.07) is 16.3. The lowest BCUT2D eigenvalue weighted by atomic mass is 10.1. The number of anilines is 3. The van der Waals surface area contributed by atoms with Crippen molar-refractivity contribution in [3.63, 3.8) is 0 Å². The second-order valence-corrected chi connectivity index (χ2v) is 10.9. The minimum atomic E-state index is -0.953. The summed E-state index contributed by atoms with van der Waals surface area (Å²) in [7, 11) is 3.82. The summed E-state index contributed by atoms with van der Waals surface area (Å²) in [5.74, 6) is -2.91. The molecule has 0 atom stereocenters. The third kappa shape index (κ3) is 7.16. The molecule has 5 rings (SSSR count). The molecule has 8 nitrogen and oxygen atoms in total. The molecule has 0 aliphatic rings.